The number of aromatic nitrogens is 1. The maximum absolute atomic E-state index is 3.53. The number of rotatable bonds is 2. The molecule has 3 heteroatoms. The third kappa shape index (κ3) is 2.47. The largest absolute Gasteiger partial charge is 0.380 e. The minimum absolute atomic E-state index is 0.104. The predicted octanol–water partition coefficient (Wildman–Crippen LogP) is 3.34. The SMILES string of the molecule is CN1CC(n2ccc3cc(NC(C)(C)C)ccc32)C1. The Morgan fingerprint density at radius 3 is 2.53 bits per heavy atom. The van der Waals surface area contributed by atoms with E-state index in [0.717, 1.165) is 13.1 Å². The summed E-state index contributed by atoms with van der Waals surface area (Å²) < 4.78 is 2.41. The Balaban J connectivity index is 1.89. The third-order valence-corrected chi connectivity index (χ3v) is 3.68. The highest BCUT2D eigenvalue weighted by Crippen LogP contribution is 2.28. The Labute approximate surface area is 115 Å². The van der Waals surface area contributed by atoms with Gasteiger partial charge in [0.05, 0.1) is 6.04 Å². The lowest BCUT2D eigenvalue weighted by Gasteiger charge is -2.37. The van der Waals surface area contributed by atoms with E-state index in [0.29, 0.717) is 6.04 Å². The molecule has 0 spiro atoms. The van der Waals surface area contributed by atoms with Crippen LogP contribution in [0, 0.1) is 0 Å². The lowest BCUT2D eigenvalue weighted by atomic mass is 10.1. The van der Waals surface area contributed by atoms with Crippen LogP contribution in [0.3, 0.4) is 0 Å². The van der Waals surface area contributed by atoms with Crippen LogP contribution >= 0.6 is 0 Å². The van der Waals surface area contributed by atoms with E-state index in [1.807, 2.05) is 0 Å². The fourth-order valence-electron chi connectivity index (χ4n) is 2.84. The fraction of sp³-hybridized carbons (Fsp3) is 0.500. The second kappa shape index (κ2) is 4.27. The quantitative estimate of drug-likeness (QED) is 0.890. The van der Waals surface area contributed by atoms with Gasteiger partial charge in [-0.2, -0.15) is 0 Å². The van der Waals surface area contributed by atoms with Gasteiger partial charge >= 0.3 is 0 Å². The molecule has 3 nitrogen and oxygen atoms in total. The normalized spacial score (nSPS) is 17.7. The van der Waals surface area contributed by atoms with Gasteiger partial charge in [-0.1, -0.05) is 0 Å². The molecule has 3 rings (SSSR count). The zero-order valence-corrected chi connectivity index (χ0v) is 12.3. The molecular weight excluding hydrogens is 234 g/mol. The van der Waals surface area contributed by atoms with Gasteiger partial charge in [-0.25, -0.2) is 0 Å². The summed E-state index contributed by atoms with van der Waals surface area (Å²) in [5.74, 6) is 0. The van der Waals surface area contributed by atoms with Crippen LogP contribution < -0.4 is 5.32 Å². The first-order valence-electron chi connectivity index (χ1n) is 7.00. The van der Waals surface area contributed by atoms with Crippen molar-refractivity contribution in [3.05, 3.63) is 30.5 Å². The Bertz CT molecular complexity index is 586. The van der Waals surface area contributed by atoms with Crippen LogP contribution in [0.2, 0.25) is 0 Å². The van der Waals surface area contributed by atoms with Gasteiger partial charge in [0.25, 0.3) is 0 Å². The average molecular weight is 257 g/mol. The highest BCUT2D eigenvalue weighted by atomic mass is 15.2. The van der Waals surface area contributed by atoms with Gasteiger partial charge in [0, 0.05) is 41.4 Å². The maximum Gasteiger partial charge on any atom is 0.0590 e. The summed E-state index contributed by atoms with van der Waals surface area (Å²) in [6.45, 7) is 8.88. The first-order valence-corrected chi connectivity index (χ1v) is 7.00. The van der Waals surface area contributed by atoms with Crippen molar-refractivity contribution in [2.75, 3.05) is 25.5 Å². The van der Waals surface area contributed by atoms with Crippen LogP contribution in [-0.2, 0) is 0 Å². The third-order valence-electron chi connectivity index (χ3n) is 3.68. The van der Waals surface area contributed by atoms with Gasteiger partial charge in [-0.05, 0) is 52.1 Å². The van der Waals surface area contributed by atoms with Crippen LogP contribution in [0.15, 0.2) is 30.5 Å². The molecule has 0 aliphatic carbocycles. The van der Waals surface area contributed by atoms with Gasteiger partial charge in [0.15, 0.2) is 0 Å². The lowest BCUT2D eigenvalue weighted by Crippen LogP contribution is -2.44. The van der Waals surface area contributed by atoms with Crippen molar-refractivity contribution in [2.24, 2.45) is 0 Å². The lowest BCUT2D eigenvalue weighted by molar-refractivity contribution is 0.144. The Morgan fingerprint density at radius 1 is 1.16 bits per heavy atom. The molecule has 2 aromatic rings. The van der Waals surface area contributed by atoms with Crippen LogP contribution in [0.5, 0.6) is 0 Å². The summed E-state index contributed by atoms with van der Waals surface area (Å²) in [6, 6.07) is 9.54. The summed E-state index contributed by atoms with van der Waals surface area (Å²) in [6.07, 6.45) is 2.23. The monoisotopic (exact) mass is 257 g/mol. The highest BCUT2D eigenvalue weighted by molar-refractivity contribution is 5.84. The van der Waals surface area contributed by atoms with Crippen LogP contribution in [-0.4, -0.2) is 35.1 Å². The standard InChI is InChI=1S/C16H23N3/c1-16(2,3)17-13-5-6-15-12(9-13)7-8-19(15)14-10-18(4)11-14/h5-9,14,17H,10-11H2,1-4H3. The highest BCUT2D eigenvalue weighted by Gasteiger charge is 2.25. The average Bonchev–Trinajstić information content (AvgIpc) is 2.65. The molecule has 1 N–H and O–H groups in total. The molecule has 2 heterocycles. The second-order valence-electron chi connectivity index (χ2n) is 6.75. The van der Waals surface area contributed by atoms with Crippen molar-refractivity contribution in [1.82, 2.24) is 9.47 Å². The molecule has 0 atom stereocenters. The molecule has 0 radical (unpaired) electrons. The molecule has 1 aromatic carbocycles. The Hall–Kier alpha value is -1.48. The topological polar surface area (TPSA) is 20.2 Å². The smallest absolute Gasteiger partial charge is 0.0590 e. The number of nitrogens with one attached hydrogen (secondary N) is 1. The molecule has 102 valence electrons. The Morgan fingerprint density at radius 2 is 1.89 bits per heavy atom. The molecule has 0 amide bonds. The number of likely N-dealkylation sites (tertiary alicyclic amines) is 1. The molecule has 1 saturated heterocycles. The van der Waals surface area contributed by atoms with Crippen molar-refractivity contribution < 1.29 is 0 Å². The van der Waals surface area contributed by atoms with E-state index >= 15 is 0 Å². The molecule has 0 saturated carbocycles. The number of hydrogen-bond donors (Lipinski definition) is 1. The van der Waals surface area contributed by atoms with Gasteiger partial charge < -0.3 is 14.8 Å². The van der Waals surface area contributed by atoms with Gasteiger partial charge in [-0.15, -0.1) is 0 Å². The molecule has 1 aliphatic heterocycles. The maximum atomic E-state index is 3.53. The van der Waals surface area contributed by atoms with Crippen LogP contribution in [0.25, 0.3) is 10.9 Å². The summed E-state index contributed by atoms with van der Waals surface area (Å²) >= 11 is 0. The minimum atomic E-state index is 0.104. The number of nitrogens with zero attached hydrogens (tertiary/aromatic N) is 2. The number of likely N-dealkylation sites (N-methyl/N-ethyl adjacent to an activating group) is 1. The van der Waals surface area contributed by atoms with Crippen molar-refractivity contribution in [3.8, 4) is 0 Å². The zero-order chi connectivity index (χ0) is 13.6. The summed E-state index contributed by atoms with van der Waals surface area (Å²) in [4.78, 5) is 2.35. The van der Waals surface area contributed by atoms with E-state index in [1.54, 1.807) is 0 Å². The first-order chi connectivity index (χ1) is 8.92. The van der Waals surface area contributed by atoms with E-state index in [9.17, 15) is 0 Å². The second-order valence-corrected chi connectivity index (χ2v) is 6.75. The first kappa shape index (κ1) is 12.5. The molecule has 1 aromatic heterocycles. The number of fused-ring (bicyclic) bond motifs is 1. The Kier molecular flexibility index (Phi) is 2.82. The molecule has 1 fully saturated rings. The van der Waals surface area contributed by atoms with E-state index in [4.69, 9.17) is 0 Å². The van der Waals surface area contributed by atoms with Crippen LogP contribution in [0.1, 0.15) is 26.8 Å². The molecule has 0 bridgehead atoms. The van der Waals surface area contributed by atoms with Crippen molar-refractivity contribution >= 4 is 16.6 Å². The number of hydrogen-bond acceptors (Lipinski definition) is 2. The van der Waals surface area contributed by atoms with Crippen molar-refractivity contribution in [1.29, 1.82) is 0 Å². The van der Waals surface area contributed by atoms with E-state index < -0.39 is 0 Å². The van der Waals surface area contributed by atoms with Gasteiger partial charge in [0.2, 0.25) is 0 Å². The molecule has 0 unspecified atom stereocenters. The fourth-order valence-corrected chi connectivity index (χ4v) is 2.84. The van der Waals surface area contributed by atoms with Crippen LogP contribution in [0.4, 0.5) is 5.69 Å². The van der Waals surface area contributed by atoms with Crippen molar-refractivity contribution in [2.45, 2.75) is 32.4 Å². The number of benzene rings is 1. The van der Waals surface area contributed by atoms with Gasteiger partial charge in [-0.3, -0.25) is 0 Å². The van der Waals surface area contributed by atoms with Crippen molar-refractivity contribution in [3.63, 3.8) is 0 Å². The van der Waals surface area contributed by atoms with E-state index in [1.165, 1.54) is 16.6 Å². The summed E-state index contributed by atoms with van der Waals surface area (Å²) in [7, 11) is 2.17. The van der Waals surface area contributed by atoms with Gasteiger partial charge in [0.1, 0.15) is 0 Å². The minimum Gasteiger partial charge on any atom is -0.380 e. The predicted molar refractivity (Wildman–Crippen MR) is 81.8 cm³/mol. The zero-order valence-electron chi connectivity index (χ0n) is 12.3. The summed E-state index contributed by atoms with van der Waals surface area (Å²) in [5.41, 5.74) is 2.65. The summed E-state index contributed by atoms with van der Waals surface area (Å²) in [5, 5.41) is 4.85. The van der Waals surface area contributed by atoms with E-state index in [2.05, 4.69) is 73.1 Å². The van der Waals surface area contributed by atoms with E-state index in [-0.39, 0.29) is 5.54 Å². The molecular formula is C16H23N3. The number of anilines is 1. The molecule has 19 heavy (non-hydrogen) atoms. The molecule has 1 aliphatic rings.